The number of nitrogens with two attached hydrogens (primary N) is 2. The summed E-state index contributed by atoms with van der Waals surface area (Å²) in [5.41, 5.74) is 13.0. The lowest BCUT2D eigenvalue weighted by molar-refractivity contribution is -0.132. The summed E-state index contributed by atoms with van der Waals surface area (Å²) in [6.45, 7) is 10.9. The second-order valence-corrected chi connectivity index (χ2v) is 22.3. The Morgan fingerprint density at radius 1 is 0.482 bits per heavy atom. The van der Waals surface area contributed by atoms with Crippen molar-refractivity contribution in [2.45, 2.75) is 180 Å². The highest BCUT2D eigenvalue weighted by Gasteiger charge is 2.27. The second kappa shape index (κ2) is 44.4. The molecule has 0 saturated carbocycles. The Labute approximate surface area is 505 Å². The van der Waals surface area contributed by atoms with E-state index in [1.54, 1.807) is 9.36 Å². The van der Waals surface area contributed by atoms with Crippen molar-refractivity contribution in [2.24, 2.45) is 11.5 Å². The fourth-order valence-corrected chi connectivity index (χ4v) is 10.3. The van der Waals surface area contributed by atoms with E-state index in [0.717, 1.165) is 165 Å². The summed E-state index contributed by atoms with van der Waals surface area (Å²) in [5.74, 6) is 4.32. The second-order valence-electron chi connectivity index (χ2n) is 22.3. The first kappa shape index (κ1) is 69.7. The number of piperazine rings is 2. The minimum atomic E-state index is -0.0418. The Bertz CT molecular complexity index is 2180. The van der Waals surface area contributed by atoms with Crippen LogP contribution in [0.2, 0.25) is 0 Å². The number of hydrogen-bond donors (Lipinski definition) is 5. The van der Waals surface area contributed by atoms with E-state index in [1.807, 2.05) is 22.2 Å². The van der Waals surface area contributed by atoms with E-state index in [4.69, 9.17) is 47.1 Å². The predicted molar refractivity (Wildman–Crippen MR) is 330 cm³/mol. The maximum atomic E-state index is 13.3. The average Bonchev–Trinajstić information content (AvgIpc) is 4.31. The Balaban J connectivity index is 0.925. The summed E-state index contributed by atoms with van der Waals surface area (Å²) in [7, 11) is 0. The van der Waals surface area contributed by atoms with Gasteiger partial charge in [0, 0.05) is 97.2 Å². The molecule has 0 unspecified atom stereocenters. The third-order valence-electron chi connectivity index (χ3n) is 15.2. The molecule has 0 bridgehead atoms. The summed E-state index contributed by atoms with van der Waals surface area (Å²) < 4.78 is 19.8. The van der Waals surface area contributed by atoms with Crippen molar-refractivity contribution in [1.29, 1.82) is 0 Å². The number of aryl methyl sites for hydroxylation is 2. The third kappa shape index (κ3) is 30.7. The van der Waals surface area contributed by atoms with Crippen molar-refractivity contribution in [3.63, 3.8) is 0 Å². The molecule has 25 nitrogen and oxygen atoms in total. The molecule has 0 aromatic carbocycles. The monoisotopic (exact) mass is 1190 g/mol. The summed E-state index contributed by atoms with van der Waals surface area (Å²) in [6.07, 6.45) is 34.9. The molecule has 0 aliphatic carbocycles. The Morgan fingerprint density at radius 3 is 1.32 bits per heavy atom. The first-order valence-corrected chi connectivity index (χ1v) is 32.2. The zero-order valence-corrected chi connectivity index (χ0v) is 51.3. The molecule has 5 heterocycles. The summed E-state index contributed by atoms with van der Waals surface area (Å²) in [5, 5.41) is 25.9. The number of ether oxygens (including phenoxy) is 3. The minimum absolute atomic E-state index is 0.0418. The van der Waals surface area contributed by atoms with E-state index in [1.165, 1.54) is 0 Å². The molecule has 0 radical (unpaired) electrons. The smallest absolute Gasteiger partial charge is 0.241 e. The summed E-state index contributed by atoms with van der Waals surface area (Å²) in [6, 6.07) is 0. The van der Waals surface area contributed by atoms with Gasteiger partial charge in [0.15, 0.2) is 0 Å². The first-order chi connectivity index (χ1) is 41.7. The molecule has 3 aromatic rings. The van der Waals surface area contributed by atoms with Crippen molar-refractivity contribution in [3.05, 3.63) is 23.8 Å². The van der Waals surface area contributed by atoms with Crippen LogP contribution in [0.4, 0.5) is 17.8 Å². The number of rotatable bonds is 49. The van der Waals surface area contributed by atoms with E-state index >= 15 is 0 Å². The molecule has 0 spiro atoms. The molecule has 2 aliphatic rings. The van der Waals surface area contributed by atoms with Crippen molar-refractivity contribution in [3.8, 4) is 12.3 Å². The largest absolute Gasteiger partial charge is 0.377 e. The van der Waals surface area contributed by atoms with E-state index < -0.39 is 0 Å². The number of aromatic nitrogens is 9. The van der Waals surface area contributed by atoms with Gasteiger partial charge in [-0.2, -0.15) is 15.0 Å². The van der Waals surface area contributed by atoms with Gasteiger partial charge in [-0.1, -0.05) is 106 Å². The lowest BCUT2D eigenvalue weighted by Gasteiger charge is -2.36. The molecule has 5 rings (SSSR count). The standard InChI is InChI=1S/C60H104N18O7/c1-2-42-83-44-46-85-47-45-84-43-33-65-58-66-59(75-38-34-73(35-39-75)56(81)27-19-11-7-3-5-9-13-23-31-63-54(79)50-77-48-52(69-71-77)25-17-15-21-29-61)68-60(67-58)76-40-36-74(37-41-76)57(82)28-20-12-8-4-6-10-14-24-32-64-55(80)51-78-49-53(70-72-78)26-18-16-22-30-62/h1,48-49H,3-47,50-51,61-62H2,(H,63,79)(H,64,80)(H,65,66,67,68). The number of nitrogens with zero attached hydrogens (tertiary/aromatic N) is 13. The molecule has 0 atom stereocenters. The molecular formula is C60H104N18O7. The van der Waals surface area contributed by atoms with E-state index in [2.05, 4.69) is 52.3 Å². The van der Waals surface area contributed by atoms with Crippen LogP contribution in [0.1, 0.15) is 165 Å². The molecular weight excluding hydrogens is 1080 g/mol. The number of anilines is 3. The summed E-state index contributed by atoms with van der Waals surface area (Å²) >= 11 is 0. The SMILES string of the molecule is C#CCOCCOCCOCCNc1nc(N2CCN(C(=O)CCCCCCCCCCNC(=O)Cn3cc(CCCCCN)nn3)CC2)nc(N2CCN(C(=O)CCCCCCCCCCNC(=O)Cn3cc(CCCCCN)nn3)CC2)n1. The fraction of sp³-hybridized carbons (Fsp3) is 0.783. The third-order valence-corrected chi connectivity index (χ3v) is 15.2. The number of carbonyl (C=O) groups is 4. The van der Waals surface area contributed by atoms with Gasteiger partial charge in [0.25, 0.3) is 0 Å². The van der Waals surface area contributed by atoms with E-state index in [-0.39, 0.29) is 43.3 Å². The molecule has 2 saturated heterocycles. The first-order valence-electron chi connectivity index (χ1n) is 32.2. The molecule has 4 amide bonds. The zero-order chi connectivity index (χ0) is 60.2. The van der Waals surface area contributed by atoms with Crippen molar-refractivity contribution >= 4 is 41.5 Å². The number of hydrogen-bond acceptors (Lipinski definition) is 19. The van der Waals surface area contributed by atoms with Crippen LogP contribution in [0.3, 0.4) is 0 Å². The van der Waals surface area contributed by atoms with Gasteiger partial charge in [0.05, 0.1) is 44.4 Å². The quantitative estimate of drug-likeness (QED) is 0.0385. The van der Waals surface area contributed by atoms with Gasteiger partial charge >= 0.3 is 0 Å². The van der Waals surface area contributed by atoms with Crippen LogP contribution in [-0.2, 0) is 59.3 Å². The average molecular weight is 1190 g/mol. The van der Waals surface area contributed by atoms with Gasteiger partial charge in [-0.05, 0) is 77.3 Å². The Morgan fingerprint density at radius 2 is 0.882 bits per heavy atom. The number of carbonyl (C=O) groups excluding carboxylic acids is 4. The molecule has 476 valence electrons. The normalized spacial score (nSPS) is 13.6. The maximum Gasteiger partial charge on any atom is 0.241 e. The maximum absolute atomic E-state index is 13.3. The van der Waals surface area contributed by atoms with Gasteiger partial charge < -0.3 is 61.2 Å². The fourth-order valence-electron chi connectivity index (χ4n) is 10.3. The van der Waals surface area contributed by atoms with E-state index in [0.29, 0.717) is 149 Å². The zero-order valence-electron chi connectivity index (χ0n) is 51.3. The van der Waals surface area contributed by atoms with Crippen molar-refractivity contribution in [2.75, 3.05) is 140 Å². The van der Waals surface area contributed by atoms with E-state index in [9.17, 15) is 19.2 Å². The molecule has 7 N–H and O–H groups in total. The molecule has 3 aromatic heterocycles. The highest BCUT2D eigenvalue weighted by atomic mass is 16.5. The Kier molecular flexibility index (Phi) is 36.4. The number of terminal acetylenes is 1. The highest BCUT2D eigenvalue weighted by Crippen LogP contribution is 2.21. The van der Waals surface area contributed by atoms with Gasteiger partial charge in [0.1, 0.15) is 19.7 Å². The number of nitrogens with one attached hydrogen (secondary N) is 3. The van der Waals surface area contributed by atoms with Crippen LogP contribution in [0, 0.1) is 12.3 Å². The number of amides is 4. The van der Waals surface area contributed by atoms with Crippen LogP contribution in [-0.4, -0.2) is 203 Å². The topological polar surface area (TPSA) is 297 Å². The molecule has 85 heavy (non-hydrogen) atoms. The molecule has 2 fully saturated rings. The van der Waals surface area contributed by atoms with Crippen LogP contribution in [0.15, 0.2) is 12.4 Å². The van der Waals surface area contributed by atoms with Gasteiger partial charge in [-0.25, -0.2) is 9.36 Å². The van der Waals surface area contributed by atoms with Crippen LogP contribution in [0.25, 0.3) is 0 Å². The van der Waals surface area contributed by atoms with Crippen LogP contribution < -0.4 is 37.2 Å². The lowest BCUT2D eigenvalue weighted by atomic mass is 10.1. The van der Waals surface area contributed by atoms with Crippen LogP contribution in [0.5, 0.6) is 0 Å². The summed E-state index contributed by atoms with van der Waals surface area (Å²) in [4.78, 5) is 74.2. The van der Waals surface area contributed by atoms with Crippen molar-refractivity contribution < 1.29 is 33.4 Å². The number of unbranched alkanes of at least 4 members (excludes halogenated alkanes) is 18. The molecule has 2 aliphatic heterocycles. The molecule has 25 heteroatoms. The van der Waals surface area contributed by atoms with Crippen molar-refractivity contribution in [1.82, 2.24) is 65.4 Å². The van der Waals surface area contributed by atoms with Crippen LogP contribution >= 0.6 is 0 Å². The minimum Gasteiger partial charge on any atom is -0.377 e. The highest BCUT2D eigenvalue weighted by molar-refractivity contribution is 5.77. The van der Waals surface area contributed by atoms with Gasteiger partial charge in [-0.15, -0.1) is 16.6 Å². The predicted octanol–water partition coefficient (Wildman–Crippen LogP) is 4.44. The van der Waals surface area contributed by atoms with Gasteiger partial charge in [-0.3, -0.25) is 19.2 Å². The lowest BCUT2D eigenvalue weighted by Crippen LogP contribution is -2.50. The van der Waals surface area contributed by atoms with Gasteiger partial charge in [0.2, 0.25) is 41.5 Å². The Hall–Kier alpha value is -6.07.